The van der Waals surface area contributed by atoms with Gasteiger partial charge in [-0.25, -0.2) is 9.78 Å². The number of thiophene rings is 1. The third-order valence-electron chi connectivity index (χ3n) is 2.95. The standard InChI is InChI=1S/C14H15ClN2O2S/c1-14(2,10-4-3-7-20-10)8-16-11-6-5-9(15)12(17-11)13(18)19/h3-7H,8H2,1-2H3,(H,16,17)(H,18,19). The Morgan fingerprint density at radius 1 is 1.45 bits per heavy atom. The highest BCUT2D eigenvalue weighted by Gasteiger charge is 2.22. The van der Waals surface area contributed by atoms with Crippen LogP contribution in [-0.2, 0) is 5.41 Å². The van der Waals surface area contributed by atoms with E-state index in [0.717, 1.165) is 0 Å². The summed E-state index contributed by atoms with van der Waals surface area (Å²) >= 11 is 7.49. The number of pyridine rings is 1. The van der Waals surface area contributed by atoms with Crippen molar-refractivity contribution in [1.29, 1.82) is 0 Å². The maximum absolute atomic E-state index is 11.0. The van der Waals surface area contributed by atoms with E-state index in [1.807, 2.05) is 11.4 Å². The van der Waals surface area contributed by atoms with E-state index in [-0.39, 0.29) is 16.1 Å². The molecule has 2 aromatic rings. The van der Waals surface area contributed by atoms with Gasteiger partial charge in [0, 0.05) is 16.8 Å². The Morgan fingerprint density at radius 3 is 2.80 bits per heavy atom. The van der Waals surface area contributed by atoms with Crippen LogP contribution >= 0.6 is 22.9 Å². The number of carboxylic acid groups (broad SMARTS) is 1. The fourth-order valence-electron chi connectivity index (χ4n) is 1.75. The van der Waals surface area contributed by atoms with Crippen LogP contribution in [0.15, 0.2) is 29.6 Å². The van der Waals surface area contributed by atoms with Gasteiger partial charge in [-0.1, -0.05) is 31.5 Å². The first-order valence-electron chi connectivity index (χ1n) is 6.08. The quantitative estimate of drug-likeness (QED) is 0.879. The first kappa shape index (κ1) is 14.8. The molecule has 0 saturated carbocycles. The molecule has 2 rings (SSSR count). The summed E-state index contributed by atoms with van der Waals surface area (Å²) in [6.07, 6.45) is 0. The van der Waals surface area contributed by atoms with Crippen LogP contribution in [0, 0.1) is 0 Å². The van der Waals surface area contributed by atoms with Gasteiger partial charge in [0.1, 0.15) is 5.82 Å². The Kier molecular flexibility index (Phi) is 4.30. The molecule has 2 heterocycles. The Hall–Kier alpha value is -1.59. The molecule has 0 amide bonds. The first-order valence-corrected chi connectivity index (χ1v) is 7.33. The molecule has 106 valence electrons. The number of hydrogen-bond acceptors (Lipinski definition) is 4. The molecule has 0 aliphatic heterocycles. The van der Waals surface area contributed by atoms with Gasteiger partial charge in [-0.15, -0.1) is 11.3 Å². The van der Waals surface area contributed by atoms with E-state index in [0.29, 0.717) is 12.4 Å². The molecule has 20 heavy (non-hydrogen) atoms. The van der Waals surface area contributed by atoms with Crippen LogP contribution in [0.2, 0.25) is 5.02 Å². The Labute approximate surface area is 126 Å². The molecule has 0 radical (unpaired) electrons. The minimum Gasteiger partial charge on any atom is -0.476 e. The second-order valence-corrected chi connectivity index (χ2v) is 6.40. The lowest BCUT2D eigenvalue weighted by atomic mass is 9.91. The zero-order valence-corrected chi connectivity index (χ0v) is 12.8. The summed E-state index contributed by atoms with van der Waals surface area (Å²) in [7, 11) is 0. The molecule has 6 heteroatoms. The molecule has 2 aromatic heterocycles. The molecular weight excluding hydrogens is 296 g/mol. The van der Waals surface area contributed by atoms with Gasteiger partial charge in [0.05, 0.1) is 5.02 Å². The minimum absolute atomic E-state index is 0.0567. The van der Waals surface area contributed by atoms with Crippen LogP contribution in [0.1, 0.15) is 29.2 Å². The zero-order chi connectivity index (χ0) is 14.8. The van der Waals surface area contributed by atoms with E-state index >= 15 is 0 Å². The molecule has 4 nitrogen and oxygen atoms in total. The predicted octanol–water partition coefficient (Wildman–Crippen LogP) is 3.88. The second kappa shape index (κ2) is 5.81. The van der Waals surface area contributed by atoms with Gasteiger partial charge in [0.2, 0.25) is 0 Å². The number of aromatic nitrogens is 1. The van der Waals surface area contributed by atoms with Crippen LogP contribution in [0.4, 0.5) is 5.82 Å². The largest absolute Gasteiger partial charge is 0.476 e. The molecule has 2 N–H and O–H groups in total. The molecular formula is C14H15ClN2O2S. The van der Waals surface area contributed by atoms with Crippen LogP contribution in [-0.4, -0.2) is 22.6 Å². The molecule has 0 fully saturated rings. The van der Waals surface area contributed by atoms with Crippen LogP contribution in [0.25, 0.3) is 0 Å². The number of aromatic carboxylic acids is 1. The van der Waals surface area contributed by atoms with Crippen molar-refractivity contribution in [1.82, 2.24) is 4.98 Å². The van der Waals surface area contributed by atoms with E-state index in [1.54, 1.807) is 23.5 Å². The van der Waals surface area contributed by atoms with Crippen LogP contribution < -0.4 is 5.32 Å². The van der Waals surface area contributed by atoms with Crippen molar-refractivity contribution in [3.63, 3.8) is 0 Å². The number of hydrogen-bond donors (Lipinski definition) is 2. The molecule has 0 spiro atoms. The van der Waals surface area contributed by atoms with Gasteiger partial charge in [0.15, 0.2) is 5.69 Å². The van der Waals surface area contributed by atoms with Crippen molar-refractivity contribution in [3.8, 4) is 0 Å². The van der Waals surface area contributed by atoms with E-state index in [9.17, 15) is 4.79 Å². The normalized spacial score (nSPS) is 11.3. The van der Waals surface area contributed by atoms with Gasteiger partial charge in [-0.05, 0) is 23.6 Å². The maximum Gasteiger partial charge on any atom is 0.356 e. The average Bonchev–Trinajstić information content (AvgIpc) is 2.92. The Balaban J connectivity index is 2.11. The summed E-state index contributed by atoms with van der Waals surface area (Å²) in [5.74, 6) is -0.618. The van der Waals surface area contributed by atoms with E-state index < -0.39 is 5.97 Å². The third-order valence-corrected chi connectivity index (χ3v) is 4.49. The van der Waals surface area contributed by atoms with Gasteiger partial charge in [0.25, 0.3) is 0 Å². The summed E-state index contributed by atoms with van der Waals surface area (Å²) in [4.78, 5) is 16.3. The molecule has 0 atom stereocenters. The summed E-state index contributed by atoms with van der Waals surface area (Å²) in [5, 5.41) is 14.3. The SMILES string of the molecule is CC(C)(CNc1ccc(Cl)c(C(=O)O)n1)c1cccs1. The van der Waals surface area contributed by atoms with E-state index in [4.69, 9.17) is 16.7 Å². The van der Waals surface area contributed by atoms with Crippen molar-refractivity contribution in [2.75, 3.05) is 11.9 Å². The number of carbonyl (C=O) groups is 1. The highest BCUT2D eigenvalue weighted by Crippen LogP contribution is 2.28. The highest BCUT2D eigenvalue weighted by atomic mass is 35.5. The van der Waals surface area contributed by atoms with Gasteiger partial charge in [-0.3, -0.25) is 0 Å². The smallest absolute Gasteiger partial charge is 0.356 e. The number of carboxylic acids is 1. The summed E-state index contributed by atoms with van der Waals surface area (Å²) in [6.45, 7) is 4.90. The Morgan fingerprint density at radius 2 is 2.20 bits per heavy atom. The lowest BCUT2D eigenvalue weighted by Crippen LogP contribution is -2.27. The van der Waals surface area contributed by atoms with Crippen LogP contribution in [0.5, 0.6) is 0 Å². The number of nitrogens with one attached hydrogen (secondary N) is 1. The average molecular weight is 311 g/mol. The van der Waals surface area contributed by atoms with Crippen molar-refractivity contribution in [2.45, 2.75) is 19.3 Å². The fourth-order valence-corrected chi connectivity index (χ4v) is 2.79. The number of halogens is 1. The van der Waals surface area contributed by atoms with Gasteiger partial charge in [-0.2, -0.15) is 0 Å². The van der Waals surface area contributed by atoms with Gasteiger partial charge < -0.3 is 10.4 Å². The minimum atomic E-state index is -1.13. The molecule has 0 unspecified atom stereocenters. The number of nitrogens with zero attached hydrogens (tertiary/aromatic N) is 1. The predicted molar refractivity (Wildman–Crippen MR) is 82.0 cm³/mol. The highest BCUT2D eigenvalue weighted by molar-refractivity contribution is 7.10. The van der Waals surface area contributed by atoms with Crippen LogP contribution in [0.3, 0.4) is 0 Å². The second-order valence-electron chi connectivity index (χ2n) is 5.05. The van der Waals surface area contributed by atoms with E-state index in [1.165, 1.54) is 4.88 Å². The number of rotatable bonds is 5. The lowest BCUT2D eigenvalue weighted by Gasteiger charge is -2.24. The van der Waals surface area contributed by atoms with Gasteiger partial charge >= 0.3 is 5.97 Å². The summed E-state index contributed by atoms with van der Waals surface area (Å²) < 4.78 is 0. The first-order chi connectivity index (χ1) is 9.40. The fraction of sp³-hybridized carbons (Fsp3) is 0.286. The maximum atomic E-state index is 11.0. The van der Waals surface area contributed by atoms with Crippen molar-refractivity contribution >= 4 is 34.7 Å². The summed E-state index contributed by atoms with van der Waals surface area (Å²) in [5.41, 5.74) is -0.190. The molecule has 0 aliphatic rings. The lowest BCUT2D eigenvalue weighted by molar-refractivity contribution is 0.0691. The number of anilines is 1. The Bertz CT molecular complexity index is 612. The van der Waals surface area contributed by atoms with E-state index in [2.05, 4.69) is 30.2 Å². The van der Waals surface area contributed by atoms with Crippen molar-refractivity contribution in [2.24, 2.45) is 0 Å². The topological polar surface area (TPSA) is 62.2 Å². The summed E-state index contributed by atoms with van der Waals surface area (Å²) in [6, 6.07) is 7.33. The molecule has 0 saturated heterocycles. The molecule has 0 bridgehead atoms. The van der Waals surface area contributed by atoms with Crippen molar-refractivity contribution < 1.29 is 9.90 Å². The zero-order valence-electron chi connectivity index (χ0n) is 11.2. The molecule has 0 aliphatic carbocycles. The monoisotopic (exact) mass is 310 g/mol. The molecule has 0 aromatic carbocycles. The third kappa shape index (κ3) is 3.29. The van der Waals surface area contributed by atoms with Crippen molar-refractivity contribution in [3.05, 3.63) is 45.2 Å².